The number of nitrogens with zero attached hydrogens (tertiary/aromatic N) is 5. The predicted octanol–water partition coefficient (Wildman–Crippen LogP) is 0.00940. The molecule has 1 aromatic rings. The van der Waals surface area contributed by atoms with Gasteiger partial charge in [-0.1, -0.05) is 11.8 Å². The van der Waals surface area contributed by atoms with Crippen molar-refractivity contribution < 1.29 is 4.79 Å². The predicted molar refractivity (Wildman–Crippen MR) is 72.4 cm³/mol. The van der Waals surface area contributed by atoms with Gasteiger partial charge in [-0.3, -0.25) is 4.79 Å². The number of carbonyl (C=O) groups excluding carboxylic acids is 1. The fourth-order valence-electron chi connectivity index (χ4n) is 1.43. The largest absolute Gasteiger partial charge is 0.344 e. The van der Waals surface area contributed by atoms with Crippen LogP contribution in [0.1, 0.15) is 12.2 Å². The number of carbonyl (C=O) groups is 1. The van der Waals surface area contributed by atoms with Crippen LogP contribution in [0.3, 0.4) is 0 Å². The normalized spacial score (nSPS) is 10.2. The van der Waals surface area contributed by atoms with E-state index in [1.54, 1.807) is 11.9 Å². The second-order valence-corrected chi connectivity index (χ2v) is 4.92. The molecule has 0 fully saturated rings. The van der Waals surface area contributed by atoms with E-state index in [4.69, 9.17) is 11.0 Å². The number of aryl methyl sites for hydroxylation is 1. The van der Waals surface area contributed by atoms with Gasteiger partial charge in [0.1, 0.15) is 5.82 Å². The molecule has 0 atom stereocenters. The van der Waals surface area contributed by atoms with Crippen LogP contribution in [0.2, 0.25) is 0 Å². The van der Waals surface area contributed by atoms with Crippen LogP contribution in [0.5, 0.6) is 0 Å². The maximum absolute atomic E-state index is 11.8. The van der Waals surface area contributed by atoms with E-state index in [-0.39, 0.29) is 11.7 Å². The van der Waals surface area contributed by atoms with E-state index < -0.39 is 0 Å². The summed E-state index contributed by atoms with van der Waals surface area (Å²) in [6.45, 7) is 3.44. The summed E-state index contributed by atoms with van der Waals surface area (Å²) in [5, 5.41) is 17.2. The molecule has 0 saturated heterocycles. The number of hydrogen-bond acceptors (Lipinski definition) is 6. The Kier molecular flexibility index (Phi) is 6.32. The summed E-state index contributed by atoms with van der Waals surface area (Å²) in [6.07, 6.45) is 0.343. The number of thioether (sulfide) groups is 1. The highest BCUT2D eigenvalue weighted by atomic mass is 32.2. The van der Waals surface area contributed by atoms with Crippen molar-refractivity contribution in [2.45, 2.75) is 25.0 Å². The summed E-state index contributed by atoms with van der Waals surface area (Å²) in [5.41, 5.74) is 5.53. The number of amides is 1. The lowest BCUT2D eigenvalue weighted by Crippen LogP contribution is -2.29. The molecule has 0 saturated carbocycles. The van der Waals surface area contributed by atoms with Gasteiger partial charge >= 0.3 is 0 Å². The highest BCUT2D eigenvalue weighted by Gasteiger charge is 2.13. The third-order valence-electron chi connectivity index (χ3n) is 2.56. The van der Waals surface area contributed by atoms with E-state index in [2.05, 4.69) is 10.2 Å². The Hall–Kier alpha value is -1.59. The summed E-state index contributed by atoms with van der Waals surface area (Å²) < 4.78 is 1.90. The van der Waals surface area contributed by atoms with Gasteiger partial charge in [0.2, 0.25) is 5.91 Å². The molecule has 0 aromatic carbocycles. The number of aromatic nitrogens is 3. The van der Waals surface area contributed by atoms with Gasteiger partial charge in [-0.25, -0.2) is 0 Å². The first-order valence-electron chi connectivity index (χ1n) is 5.93. The number of hydrogen-bond donors (Lipinski definition) is 1. The molecule has 104 valence electrons. The van der Waals surface area contributed by atoms with E-state index in [1.165, 1.54) is 11.8 Å². The van der Waals surface area contributed by atoms with Crippen molar-refractivity contribution in [2.24, 2.45) is 5.73 Å². The zero-order valence-electron chi connectivity index (χ0n) is 11.2. The zero-order valence-corrected chi connectivity index (χ0v) is 12.0. The van der Waals surface area contributed by atoms with Gasteiger partial charge in [-0.05, 0) is 6.92 Å². The summed E-state index contributed by atoms with van der Waals surface area (Å²) in [4.78, 5) is 13.4. The molecule has 1 aromatic heterocycles. The van der Waals surface area contributed by atoms with Gasteiger partial charge in [-0.15, -0.1) is 10.2 Å². The number of nitrogens with two attached hydrogens (primary N) is 1. The van der Waals surface area contributed by atoms with Gasteiger partial charge in [0.05, 0.1) is 18.2 Å². The number of rotatable bonds is 7. The highest BCUT2D eigenvalue weighted by Crippen LogP contribution is 2.16. The summed E-state index contributed by atoms with van der Waals surface area (Å²) in [6, 6.07) is 2.02. The summed E-state index contributed by atoms with van der Waals surface area (Å²) >= 11 is 1.34. The molecule has 0 bridgehead atoms. The monoisotopic (exact) mass is 282 g/mol. The van der Waals surface area contributed by atoms with Crippen molar-refractivity contribution in [3.8, 4) is 6.07 Å². The van der Waals surface area contributed by atoms with Crippen LogP contribution in [0, 0.1) is 18.3 Å². The molecule has 0 aliphatic heterocycles. The Morgan fingerprint density at radius 3 is 2.95 bits per heavy atom. The molecule has 0 aliphatic carbocycles. The molecule has 0 unspecified atom stereocenters. The van der Waals surface area contributed by atoms with Gasteiger partial charge in [0.25, 0.3) is 0 Å². The minimum absolute atomic E-state index is 0.0276. The fraction of sp³-hybridized carbons (Fsp3) is 0.636. The van der Waals surface area contributed by atoms with E-state index in [0.717, 1.165) is 5.82 Å². The third kappa shape index (κ3) is 4.54. The molecule has 7 nitrogen and oxygen atoms in total. The fourth-order valence-corrected chi connectivity index (χ4v) is 2.38. The van der Waals surface area contributed by atoms with Crippen LogP contribution in [0.15, 0.2) is 5.16 Å². The zero-order chi connectivity index (χ0) is 14.3. The first-order chi connectivity index (χ1) is 9.10. The summed E-state index contributed by atoms with van der Waals surface area (Å²) in [5.74, 6) is 1.04. The smallest absolute Gasteiger partial charge is 0.232 e. The summed E-state index contributed by atoms with van der Waals surface area (Å²) in [7, 11) is 1.69. The van der Waals surface area contributed by atoms with Crippen molar-refractivity contribution >= 4 is 17.7 Å². The SMILES string of the molecule is Cc1nnc(SCC(=O)N(C)CCC#N)n1CCN. The molecule has 0 radical (unpaired) electrons. The van der Waals surface area contributed by atoms with Crippen LogP contribution >= 0.6 is 11.8 Å². The molecular weight excluding hydrogens is 264 g/mol. The Bertz CT molecular complexity index is 466. The van der Waals surface area contributed by atoms with Crippen LogP contribution in [-0.2, 0) is 11.3 Å². The Morgan fingerprint density at radius 1 is 1.58 bits per heavy atom. The molecule has 19 heavy (non-hydrogen) atoms. The van der Waals surface area contributed by atoms with Gasteiger partial charge in [-0.2, -0.15) is 5.26 Å². The maximum atomic E-state index is 11.8. The molecule has 0 aliphatic rings. The molecule has 0 spiro atoms. The third-order valence-corrected chi connectivity index (χ3v) is 3.52. The van der Waals surface area contributed by atoms with Crippen LogP contribution in [-0.4, -0.2) is 51.5 Å². The van der Waals surface area contributed by atoms with E-state index in [1.807, 2.05) is 17.6 Å². The molecule has 1 amide bonds. The van der Waals surface area contributed by atoms with Gasteiger partial charge in [0, 0.05) is 26.7 Å². The van der Waals surface area contributed by atoms with Crippen molar-refractivity contribution in [3.05, 3.63) is 5.82 Å². The van der Waals surface area contributed by atoms with Gasteiger partial charge in [0.15, 0.2) is 5.16 Å². The molecule has 2 N–H and O–H groups in total. The quantitative estimate of drug-likeness (QED) is 0.707. The lowest BCUT2D eigenvalue weighted by atomic mass is 10.4. The average Bonchev–Trinajstić information content (AvgIpc) is 2.75. The lowest BCUT2D eigenvalue weighted by Gasteiger charge is -2.14. The minimum Gasteiger partial charge on any atom is -0.344 e. The standard InChI is InChI=1S/C11H18N6OS/c1-9-14-15-11(17(9)7-5-13)19-8-10(18)16(2)6-3-4-12/h3,5-8,13H2,1-2H3. The first-order valence-corrected chi connectivity index (χ1v) is 6.92. The van der Waals surface area contributed by atoms with E-state index in [9.17, 15) is 4.79 Å². The van der Waals surface area contributed by atoms with Crippen molar-refractivity contribution in [3.63, 3.8) is 0 Å². The Labute approximate surface area is 116 Å². The Morgan fingerprint density at radius 2 is 2.32 bits per heavy atom. The van der Waals surface area contributed by atoms with Crippen molar-refractivity contribution in [1.82, 2.24) is 19.7 Å². The first kappa shape index (κ1) is 15.5. The second kappa shape index (κ2) is 7.76. The second-order valence-electron chi connectivity index (χ2n) is 3.98. The molecule has 1 rings (SSSR count). The molecular formula is C11H18N6OS. The number of nitriles is 1. The van der Waals surface area contributed by atoms with Crippen molar-refractivity contribution in [2.75, 3.05) is 25.9 Å². The van der Waals surface area contributed by atoms with Crippen LogP contribution < -0.4 is 5.73 Å². The Balaban J connectivity index is 2.52. The highest BCUT2D eigenvalue weighted by molar-refractivity contribution is 7.99. The molecule has 1 heterocycles. The van der Waals surface area contributed by atoms with Crippen LogP contribution in [0.25, 0.3) is 0 Å². The van der Waals surface area contributed by atoms with Gasteiger partial charge < -0.3 is 15.2 Å². The lowest BCUT2D eigenvalue weighted by molar-refractivity contribution is -0.127. The van der Waals surface area contributed by atoms with E-state index >= 15 is 0 Å². The molecule has 8 heteroatoms. The van der Waals surface area contributed by atoms with E-state index in [0.29, 0.717) is 31.2 Å². The maximum Gasteiger partial charge on any atom is 0.232 e. The minimum atomic E-state index is -0.0276. The van der Waals surface area contributed by atoms with Crippen LogP contribution in [0.4, 0.5) is 0 Å². The topological polar surface area (TPSA) is 101 Å². The van der Waals surface area contributed by atoms with Crippen molar-refractivity contribution in [1.29, 1.82) is 5.26 Å². The average molecular weight is 282 g/mol.